The van der Waals surface area contributed by atoms with Crippen molar-refractivity contribution < 1.29 is 9.59 Å². The maximum absolute atomic E-state index is 11.9. The van der Waals surface area contributed by atoms with E-state index < -0.39 is 0 Å². The number of hydrogen-bond acceptors (Lipinski definition) is 2. The van der Waals surface area contributed by atoms with Crippen LogP contribution in [-0.2, 0) is 9.59 Å². The third kappa shape index (κ3) is 2.61. The van der Waals surface area contributed by atoms with E-state index in [0.29, 0.717) is 6.42 Å². The van der Waals surface area contributed by atoms with Gasteiger partial charge in [-0.25, -0.2) is 0 Å². The first-order chi connectivity index (χ1) is 8.61. The van der Waals surface area contributed by atoms with Gasteiger partial charge in [0.05, 0.1) is 0 Å². The van der Waals surface area contributed by atoms with Gasteiger partial charge >= 0.3 is 0 Å². The molecule has 0 bridgehead atoms. The van der Waals surface area contributed by atoms with Gasteiger partial charge in [0.15, 0.2) is 0 Å². The van der Waals surface area contributed by atoms with Crippen LogP contribution in [0.1, 0.15) is 43.2 Å². The standard InChI is InChI=1S/C15H19NO2/c1-3-4-12-13(9-14(17)16-15(12)18)11-7-5-10(2)6-8-11/h5-8,12-13H,3-4,9H2,1-2H3,(H,16,17,18). The number of hydrogen-bond donors (Lipinski definition) is 1. The third-order valence-corrected chi connectivity index (χ3v) is 3.60. The van der Waals surface area contributed by atoms with E-state index in [0.717, 1.165) is 18.4 Å². The molecule has 1 N–H and O–H groups in total. The van der Waals surface area contributed by atoms with Gasteiger partial charge in [0.2, 0.25) is 11.8 Å². The zero-order valence-electron chi connectivity index (χ0n) is 10.9. The molecule has 3 nitrogen and oxygen atoms in total. The van der Waals surface area contributed by atoms with Crippen molar-refractivity contribution >= 4 is 11.8 Å². The fraction of sp³-hybridized carbons (Fsp3) is 0.467. The Bertz CT molecular complexity index is 450. The van der Waals surface area contributed by atoms with Gasteiger partial charge in [0.25, 0.3) is 0 Å². The topological polar surface area (TPSA) is 46.2 Å². The van der Waals surface area contributed by atoms with Crippen molar-refractivity contribution in [1.29, 1.82) is 0 Å². The lowest BCUT2D eigenvalue weighted by Gasteiger charge is -2.30. The molecule has 1 aliphatic rings. The van der Waals surface area contributed by atoms with E-state index in [2.05, 4.69) is 12.2 Å². The molecule has 3 heteroatoms. The minimum Gasteiger partial charge on any atom is -0.296 e. The average Bonchev–Trinajstić information content (AvgIpc) is 2.33. The number of aryl methyl sites for hydroxylation is 1. The van der Waals surface area contributed by atoms with Crippen LogP contribution in [-0.4, -0.2) is 11.8 Å². The Morgan fingerprint density at radius 2 is 1.89 bits per heavy atom. The van der Waals surface area contributed by atoms with Crippen molar-refractivity contribution in [2.45, 2.75) is 39.0 Å². The molecule has 0 aromatic heterocycles. The van der Waals surface area contributed by atoms with Crippen LogP contribution in [0.25, 0.3) is 0 Å². The first kappa shape index (κ1) is 12.8. The van der Waals surface area contributed by atoms with E-state index in [1.165, 1.54) is 5.56 Å². The summed E-state index contributed by atoms with van der Waals surface area (Å²) in [5.74, 6) is -0.307. The second-order valence-electron chi connectivity index (χ2n) is 5.03. The summed E-state index contributed by atoms with van der Waals surface area (Å²) in [6.07, 6.45) is 2.20. The first-order valence-corrected chi connectivity index (χ1v) is 6.52. The predicted octanol–water partition coefficient (Wildman–Crippen LogP) is 2.54. The monoisotopic (exact) mass is 245 g/mol. The first-order valence-electron chi connectivity index (χ1n) is 6.52. The predicted molar refractivity (Wildman–Crippen MR) is 70.1 cm³/mol. The van der Waals surface area contributed by atoms with E-state index in [-0.39, 0.29) is 23.7 Å². The Balaban J connectivity index is 2.28. The van der Waals surface area contributed by atoms with Gasteiger partial charge in [-0.15, -0.1) is 0 Å². The molecule has 1 saturated heterocycles. The van der Waals surface area contributed by atoms with Crippen molar-refractivity contribution in [3.63, 3.8) is 0 Å². The Hall–Kier alpha value is -1.64. The smallest absolute Gasteiger partial charge is 0.230 e. The molecule has 96 valence electrons. The van der Waals surface area contributed by atoms with Crippen LogP contribution in [0.4, 0.5) is 0 Å². The minimum atomic E-state index is -0.155. The summed E-state index contributed by atoms with van der Waals surface area (Å²) in [6.45, 7) is 4.10. The highest BCUT2D eigenvalue weighted by molar-refractivity contribution is 5.99. The van der Waals surface area contributed by atoms with Crippen LogP contribution in [0.15, 0.2) is 24.3 Å². The molecule has 0 aliphatic carbocycles. The van der Waals surface area contributed by atoms with Gasteiger partial charge in [0, 0.05) is 18.3 Å². The lowest BCUT2D eigenvalue weighted by atomic mass is 9.78. The van der Waals surface area contributed by atoms with Gasteiger partial charge in [-0.3, -0.25) is 14.9 Å². The van der Waals surface area contributed by atoms with E-state index in [9.17, 15) is 9.59 Å². The summed E-state index contributed by atoms with van der Waals surface area (Å²) in [5.41, 5.74) is 2.29. The summed E-state index contributed by atoms with van der Waals surface area (Å²) in [6, 6.07) is 8.15. The molecule has 2 amide bonds. The fourth-order valence-electron chi connectivity index (χ4n) is 2.61. The molecule has 1 aromatic carbocycles. The zero-order chi connectivity index (χ0) is 13.1. The van der Waals surface area contributed by atoms with Crippen molar-refractivity contribution in [3.05, 3.63) is 35.4 Å². The SMILES string of the molecule is CCCC1C(=O)NC(=O)CC1c1ccc(C)cc1. The van der Waals surface area contributed by atoms with Crippen molar-refractivity contribution in [2.75, 3.05) is 0 Å². The average molecular weight is 245 g/mol. The van der Waals surface area contributed by atoms with Gasteiger partial charge in [0.1, 0.15) is 0 Å². The number of rotatable bonds is 3. The Labute approximate surface area is 108 Å². The van der Waals surface area contributed by atoms with E-state index in [4.69, 9.17) is 0 Å². The number of amides is 2. The van der Waals surface area contributed by atoms with Crippen molar-refractivity contribution in [1.82, 2.24) is 5.32 Å². The number of carbonyl (C=O) groups is 2. The van der Waals surface area contributed by atoms with Crippen molar-refractivity contribution in [3.8, 4) is 0 Å². The van der Waals surface area contributed by atoms with E-state index >= 15 is 0 Å². The second kappa shape index (κ2) is 5.34. The highest BCUT2D eigenvalue weighted by Gasteiger charge is 2.35. The highest BCUT2D eigenvalue weighted by Crippen LogP contribution is 2.34. The van der Waals surface area contributed by atoms with Crippen molar-refractivity contribution in [2.24, 2.45) is 5.92 Å². The minimum absolute atomic E-state index is 0.0341. The molecule has 1 aromatic rings. The summed E-state index contributed by atoms with van der Waals surface area (Å²) in [7, 11) is 0. The molecular weight excluding hydrogens is 226 g/mol. The summed E-state index contributed by atoms with van der Waals surface area (Å²) >= 11 is 0. The number of carbonyl (C=O) groups excluding carboxylic acids is 2. The van der Waals surface area contributed by atoms with Crippen LogP contribution < -0.4 is 5.32 Å². The molecular formula is C15H19NO2. The number of benzene rings is 1. The quantitative estimate of drug-likeness (QED) is 0.832. The molecule has 0 radical (unpaired) electrons. The summed E-state index contributed by atoms with van der Waals surface area (Å²) in [5, 5.41) is 2.45. The summed E-state index contributed by atoms with van der Waals surface area (Å²) in [4.78, 5) is 23.5. The molecule has 1 fully saturated rings. The van der Waals surface area contributed by atoms with Gasteiger partial charge in [-0.2, -0.15) is 0 Å². The molecule has 0 spiro atoms. The lowest BCUT2D eigenvalue weighted by molar-refractivity contribution is -0.137. The van der Waals surface area contributed by atoms with Crippen LogP contribution in [0.2, 0.25) is 0 Å². The Morgan fingerprint density at radius 1 is 1.22 bits per heavy atom. The Kier molecular flexibility index (Phi) is 3.80. The Morgan fingerprint density at radius 3 is 2.50 bits per heavy atom. The lowest BCUT2D eigenvalue weighted by Crippen LogP contribution is -2.44. The van der Waals surface area contributed by atoms with Crippen LogP contribution in [0.5, 0.6) is 0 Å². The zero-order valence-corrected chi connectivity index (χ0v) is 10.9. The van der Waals surface area contributed by atoms with Gasteiger partial charge < -0.3 is 0 Å². The van der Waals surface area contributed by atoms with Gasteiger partial charge in [-0.05, 0) is 18.9 Å². The molecule has 0 saturated carbocycles. The number of piperidine rings is 1. The van der Waals surface area contributed by atoms with Gasteiger partial charge in [-0.1, -0.05) is 43.2 Å². The van der Waals surface area contributed by atoms with E-state index in [1.807, 2.05) is 31.2 Å². The summed E-state index contributed by atoms with van der Waals surface area (Å²) < 4.78 is 0. The maximum Gasteiger partial charge on any atom is 0.230 e. The fourth-order valence-corrected chi connectivity index (χ4v) is 2.61. The normalized spacial score (nSPS) is 23.9. The van der Waals surface area contributed by atoms with Crippen LogP contribution in [0.3, 0.4) is 0 Å². The molecule has 18 heavy (non-hydrogen) atoms. The van der Waals surface area contributed by atoms with Crippen LogP contribution in [0, 0.1) is 12.8 Å². The molecule has 2 unspecified atom stereocenters. The number of imide groups is 1. The molecule has 1 heterocycles. The molecule has 2 rings (SSSR count). The second-order valence-corrected chi connectivity index (χ2v) is 5.03. The maximum atomic E-state index is 11.9. The van der Waals surface area contributed by atoms with Crippen LogP contribution >= 0.6 is 0 Å². The third-order valence-electron chi connectivity index (χ3n) is 3.60. The molecule has 2 atom stereocenters. The highest BCUT2D eigenvalue weighted by atomic mass is 16.2. The van der Waals surface area contributed by atoms with E-state index in [1.54, 1.807) is 0 Å². The molecule has 1 aliphatic heterocycles. The largest absolute Gasteiger partial charge is 0.296 e. The number of nitrogens with one attached hydrogen (secondary N) is 1.